The van der Waals surface area contributed by atoms with Crippen molar-refractivity contribution in [2.75, 3.05) is 40.9 Å². The zero-order valence-electron chi connectivity index (χ0n) is 55.3. The van der Waals surface area contributed by atoms with E-state index in [1.807, 2.05) is 27.2 Å². The van der Waals surface area contributed by atoms with E-state index in [9.17, 15) is 19.4 Å². The predicted octanol–water partition coefficient (Wildman–Crippen LogP) is 23.1. The Balaban J connectivity index is 4.02. The van der Waals surface area contributed by atoms with E-state index in [0.29, 0.717) is 17.4 Å². The summed E-state index contributed by atoms with van der Waals surface area (Å²) < 4.78 is 23.8. The van der Waals surface area contributed by atoms with E-state index in [2.05, 4.69) is 31.3 Å². The number of hydrogen-bond acceptors (Lipinski definition) is 5. The fourth-order valence-electron chi connectivity index (χ4n) is 11.3. The molecule has 3 N–H and O–H groups in total. The monoisotopic (exact) mass is 1160 g/mol. The minimum absolute atomic E-state index is 0.0591. The number of carbonyl (C=O) groups excluding carboxylic acids is 1. The molecule has 0 aromatic heterocycles. The van der Waals surface area contributed by atoms with E-state index >= 15 is 0 Å². The van der Waals surface area contributed by atoms with Crippen LogP contribution < -0.4 is 5.32 Å². The Morgan fingerprint density at radius 2 is 0.679 bits per heavy atom. The first-order valence-corrected chi connectivity index (χ1v) is 37.7. The highest BCUT2D eigenvalue weighted by atomic mass is 31.2. The largest absolute Gasteiger partial charge is 0.472 e. The Hall–Kier alpha value is -1.02. The summed E-state index contributed by atoms with van der Waals surface area (Å²) in [6.45, 7) is 4.87. The molecule has 0 saturated carbocycles. The first-order chi connectivity index (χ1) is 39.5. The van der Waals surface area contributed by atoms with Crippen LogP contribution in [0, 0.1) is 0 Å². The molecule has 0 fully saturated rings. The molecule has 0 bridgehead atoms. The SMILES string of the molecule is CCCCCCCCCCCCCCCCCCCCCC/C=C/CC/C=C/C(O)C(COP(=O)(O)OCC[N+](C)(C)C)NC(=O)CCCCCCCCCCCCCCCCCCCCCCCCCCCCCCCCCCC. The van der Waals surface area contributed by atoms with E-state index in [0.717, 1.165) is 38.5 Å². The standard InChI is InChI=1S/C72H143N2O6P/c1-6-8-10-12-14-16-18-20-22-24-26-28-30-32-34-35-36-37-38-39-40-42-44-46-48-50-52-54-56-58-60-62-64-66-72(76)73-70(69-80-81(77,78)79-68-67-74(3,4)5)71(75)65-63-61-59-57-55-53-51-49-47-45-43-41-33-31-29-27-25-23-21-19-17-15-13-11-9-7-2/h55,57,63,65,70-71,75H,6-54,56,58-62,64,66-69H2,1-5H3,(H-,73,76,77,78)/p+1/b57-55+,65-63+. The zero-order chi connectivity index (χ0) is 59.1. The molecule has 0 aliphatic heterocycles. The van der Waals surface area contributed by atoms with Gasteiger partial charge in [-0.1, -0.05) is 366 Å². The van der Waals surface area contributed by atoms with Gasteiger partial charge in [0.1, 0.15) is 13.2 Å². The Bertz CT molecular complexity index is 1370. The van der Waals surface area contributed by atoms with Gasteiger partial charge in [0.05, 0.1) is 39.9 Å². The number of rotatable bonds is 68. The quantitative estimate of drug-likeness (QED) is 0.0243. The van der Waals surface area contributed by atoms with Gasteiger partial charge in [-0.3, -0.25) is 13.8 Å². The van der Waals surface area contributed by atoms with Crippen molar-refractivity contribution in [3.8, 4) is 0 Å². The first kappa shape index (κ1) is 80.0. The summed E-state index contributed by atoms with van der Waals surface area (Å²) in [5.41, 5.74) is 0. The molecule has 0 radical (unpaired) electrons. The van der Waals surface area contributed by atoms with Gasteiger partial charge in [0.15, 0.2) is 0 Å². The Morgan fingerprint density at radius 3 is 0.988 bits per heavy atom. The summed E-state index contributed by atoms with van der Waals surface area (Å²) >= 11 is 0. The lowest BCUT2D eigenvalue weighted by molar-refractivity contribution is -0.870. The average Bonchev–Trinajstić information content (AvgIpc) is 3.43. The molecule has 3 unspecified atom stereocenters. The molecule has 0 aliphatic rings. The molecule has 0 aromatic rings. The van der Waals surface area contributed by atoms with Crippen LogP contribution >= 0.6 is 7.82 Å². The highest BCUT2D eigenvalue weighted by Gasteiger charge is 2.28. The molecule has 0 rings (SSSR count). The van der Waals surface area contributed by atoms with Gasteiger partial charge in [-0.25, -0.2) is 4.57 Å². The number of allylic oxidation sites excluding steroid dienone is 3. The van der Waals surface area contributed by atoms with Gasteiger partial charge < -0.3 is 19.8 Å². The third-order valence-corrected chi connectivity index (χ3v) is 17.9. The van der Waals surface area contributed by atoms with Crippen molar-refractivity contribution in [1.29, 1.82) is 0 Å². The average molecular weight is 1160 g/mol. The van der Waals surface area contributed by atoms with Crippen LogP contribution in [0.4, 0.5) is 0 Å². The van der Waals surface area contributed by atoms with E-state index in [1.54, 1.807) is 6.08 Å². The molecule has 3 atom stereocenters. The van der Waals surface area contributed by atoms with Gasteiger partial charge in [0.25, 0.3) is 0 Å². The lowest BCUT2D eigenvalue weighted by Gasteiger charge is -2.25. The normalized spacial score (nSPS) is 13.7. The fourth-order valence-corrected chi connectivity index (χ4v) is 12.0. The highest BCUT2D eigenvalue weighted by molar-refractivity contribution is 7.47. The van der Waals surface area contributed by atoms with Crippen molar-refractivity contribution >= 4 is 13.7 Å². The fraction of sp³-hybridized carbons (Fsp3) is 0.931. The minimum atomic E-state index is -4.36. The summed E-state index contributed by atoms with van der Waals surface area (Å²) in [5, 5.41) is 14.0. The van der Waals surface area contributed by atoms with E-state index in [-0.39, 0.29) is 19.1 Å². The number of carbonyl (C=O) groups is 1. The van der Waals surface area contributed by atoms with Crippen molar-refractivity contribution in [2.45, 2.75) is 392 Å². The summed E-state index contributed by atoms with van der Waals surface area (Å²) in [6.07, 6.45) is 83.5. The van der Waals surface area contributed by atoms with Crippen LogP contribution in [0.5, 0.6) is 0 Å². The maximum atomic E-state index is 13.1. The van der Waals surface area contributed by atoms with Gasteiger partial charge in [-0.2, -0.15) is 0 Å². The second-order valence-electron chi connectivity index (χ2n) is 26.3. The molecular weight excluding hydrogens is 1020 g/mol. The van der Waals surface area contributed by atoms with Crippen molar-refractivity contribution in [3.63, 3.8) is 0 Å². The number of amides is 1. The van der Waals surface area contributed by atoms with E-state index < -0.39 is 20.0 Å². The third-order valence-electron chi connectivity index (χ3n) is 16.9. The van der Waals surface area contributed by atoms with Crippen molar-refractivity contribution < 1.29 is 32.9 Å². The lowest BCUT2D eigenvalue weighted by Crippen LogP contribution is -2.45. The molecule has 0 heterocycles. The molecule has 9 heteroatoms. The van der Waals surface area contributed by atoms with Crippen LogP contribution in [0.1, 0.15) is 380 Å². The summed E-state index contributed by atoms with van der Waals surface area (Å²) in [5.74, 6) is -0.177. The van der Waals surface area contributed by atoms with Gasteiger partial charge in [0.2, 0.25) is 5.91 Å². The van der Waals surface area contributed by atoms with Crippen LogP contribution in [0.3, 0.4) is 0 Å². The number of hydrogen-bond donors (Lipinski definition) is 3. The van der Waals surface area contributed by atoms with Gasteiger partial charge in [-0.05, 0) is 32.1 Å². The van der Waals surface area contributed by atoms with Crippen molar-refractivity contribution in [2.24, 2.45) is 0 Å². The third kappa shape index (κ3) is 66.4. The number of phosphoric acid groups is 1. The molecule has 0 aliphatic carbocycles. The van der Waals surface area contributed by atoms with Crippen LogP contribution in [0.2, 0.25) is 0 Å². The topological polar surface area (TPSA) is 105 Å². The molecule has 1 amide bonds. The second-order valence-corrected chi connectivity index (χ2v) is 27.8. The summed E-state index contributed by atoms with van der Waals surface area (Å²) in [6, 6.07) is -0.862. The summed E-state index contributed by atoms with van der Waals surface area (Å²) in [7, 11) is 1.58. The molecule has 0 aromatic carbocycles. The molecule has 0 saturated heterocycles. The Morgan fingerprint density at radius 1 is 0.407 bits per heavy atom. The van der Waals surface area contributed by atoms with Crippen molar-refractivity contribution in [1.82, 2.24) is 5.32 Å². The van der Waals surface area contributed by atoms with Gasteiger partial charge in [0, 0.05) is 6.42 Å². The van der Waals surface area contributed by atoms with Crippen LogP contribution in [0.25, 0.3) is 0 Å². The zero-order valence-corrected chi connectivity index (χ0v) is 56.2. The Labute approximate surface area is 506 Å². The maximum absolute atomic E-state index is 13.1. The van der Waals surface area contributed by atoms with Crippen LogP contribution in [-0.4, -0.2) is 73.4 Å². The molecule has 0 spiro atoms. The molecule has 81 heavy (non-hydrogen) atoms. The van der Waals surface area contributed by atoms with Crippen LogP contribution in [0.15, 0.2) is 24.3 Å². The number of phosphoric ester groups is 1. The van der Waals surface area contributed by atoms with Crippen molar-refractivity contribution in [3.05, 3.63) is 24.3 Å². The number of unbranched alkanes of at least 4 members (excludes halogenated alkanes) is 53. The number of aliphatic hydroxyl groups is 1. The molecule has 482 valence electrons. The molecular formula is C72H144N2O6P+. The van der Waals surface area contributed by atoms with Crippen LogP contribution in [-0.2, 0) is 18.4 Å². The lowest BCUT2D eigenvalue weighted by atomic mass is 10.0. The number of aliphatic hydroxyl groups excluding tert-OH is 1. The predicted molar refractivity (Wildman–Crippen MR) is 355 cm³/mol. The number of nitrogens with one attached hydrogen (secondary N) is 1. The molecule has 8 nitrogen and oxygen atoms in total. The summed E-state index contributed by atoms with van der Waals surface area (Å²) in [4.78, 5) is 23.4. The van der Waals surface area contributed by atoms with Gasteiger partial charge in [-0.15, -0.1) is 0 Å². The van der Waals surface area contributed by atoms with E-state index in [1.165, 1.54) is 321 Å². The first-order valence-electron chi connectivity index (χ1n) is 36.2. The smallest absolute Gasteiger partial charge is 0.387 e. The Kier molecular flexibility index (Phi) is 62.7. The number of nitrogens with zero attached hydrogens (tertiary/aromatic N) is 1. The number of likely N-dealkylation sites (N-methyl/N-ethyl adjacent to an activating group) is 1. The van der Waals surface area contributed by atoms with Gasteiger partial charge >= 0.3 is 7.82 Å². The maximum Gasteiger partial charge on any atom is 0.472 e. The minimum Gasteiger partial charge on any atom is -0.387 e. The number of quaternary nitrogens is 1. The van der Waals surface area contributed by atoms with E-state index in [4.69, 9.17) is 9.05 Å². The highest BCUT2D eigenvalue weighted by Crippen LogP contribution is 2.43. The second kappa shape index (κ2) is 63.5.